The van der Waals surface area contributed by atoms with Crippen LogP contribution in [0.25, 0.3) is 11.0 Å². The summed E-state index contributed by atoms with van der Waals surface area (Å²) in [6.07, 6.45) is 0. The van der Waals surface area contributed by atoms with Crippen LogP contribution >= 0.6 is 11.7 Å². The summed E-state index contributed by atoms with van der Waals surface area (Å²) in [5.41, 5.74) is 0.947. The second kappa shape index (κ2) is 6.38. The number of guanidine groups is 1. The van der Waals surface area contributed by atoms with Gasteiger partial charge in [-0.25, -0.2) is 18.1 Å². The molecule has 3 rings (SSSR count). The number of benzene rings is 1. The van der Waals surface area contributed by atoms with Crippen molar-refractivity contribution in [3.05, 3.63) is 18.2 Å². The van der Waals surface area contributed by atoms with Gasteiger partial charge in [0, 0.05) is 6.54 Å². The van der Waals surface area contributed by atoms with E-state index in [1.54, 1.807) is 12.1 Å². The van der Waals surface area contributed by atoms with Crippen molar-refractivity contribution < 1.29 is 8.42 Å². The van der Waals surface area contributed by atoms with Crippen LogP contribution in [-0.2, 0) is 10.0 Å². The van der Waals surface area contributed by atoms with E-state index in [0.29, 0.717) is 30.3 Å². The molecule has 1 aliphatic rings. The SMILES string of the molecule is CC(C)CN1CN=C(NS(=O)(=O)c2cccc3nsnc23)NC1. The van der Waals surface area contributed by atoms with Gasteiger partial charge in [-0.1, -0.05) is 19.9 Å². The molecule has 0 atom stereocenters. The normalized spacial score (nSPS) is 16.4. The first kappa shape index (κ1) is 16.1. The lowest BCUT2D eigenvalue weighted by Crippen LogP contribution is -2.50. The van der Waals surface area contributed by atoms with Gasteiger partial charge in [-0.15, -0.1) is 0 Å². The fourth-order valence-electron chi connectivity index (χ4n) is 2.35. The molecule has 124 valence electrons. The third-order valence-electron chi connectivity index (χ3n) is 3.29. The highest BCUT2D eigenvalue weighted by atomic mass is 32.2. The van der Waals surface area contributed by atoms with Gasteiger partial charge >= 0.3 is 0 Å². The summed E-state index contributed by atoms with van der Waals surface area (Å²) in [5.74, 6) is 0.783. The number of fused-ring (bicyclic) bond motifs is 1. The van der Waals surface area contributed by atoms with Gasteiger partial charge in [0.15, 0.2) is 0 Å². The predicted octanol–water partition coefficient (Wildman–Crippen LogP) is 0.802. The summed E-state index contributed by atoms with van der Waals surface area (Å²) in [7, 11) is -3.75. The number of hydrogen-bond acceptors (Lipinski definition) is 8. The van der Waals surface area contributed by atoms with Crippen molar-refractivity contribution in [1.29, 1.82) is 0 Å². The smallest absolute Gasteiger partial charge is 0.266 e. The Bertz CT molecular complexity index is 830. The standard InChI is InChI=1S/C13H18N6O2S2/c1-9(2)6-19-7-14-13(15-8-19)18-23(20,21)11-5-3-4-10-12(11)17-22-16-10/h3-5,9H,6-8H2,1-2H3,(H2,14,15,18). The third-order valence-corrected chi connectivity index (χ3v) is 5.20. The Morgan fingerprint density at radius 1 is 1.39 bits per heavy atom. The van der Waals surface area contributed by atoms with Gasteiger partial charge in [0.05, 0.1) is 25.1 Å². The van der Waals surface area contributed by atoms with Gasteiger partial charge in [-0.2, -0.15) is 8.75 Å². The fourth-order valence-corrected chi connectivity index (χ4v) is 4.12. The van der Waals surface area contributed by atoms with E-state index in [0.717, 1.165) is 18.3 Å². The summed E-state index contributed by atoms with van der Waals surface area (Å²) >= 11 is 0.990. The van der Waals surface area contributed by atoms with Crippen LogP contribution in [0.3, 0.4) is 0 Å². The Morgan fingerprint density at radius 3 is 2.91 bits per heavy atom. The average Bonchev–Trinajstić information content (AvgIpc) is 2.96. The molecule has 0 amide bonds. The van der Waals surface area contributed by atoms with E-state index in [4.69, 9.17) is 0 Å². The van der Waals surface area contributed by atoms with Crippen LogP contribution in [0.2, 0.25) is 0 Å². The van der Waals surface area contributed by atoms with Crippen LogP contribution in [0.5, 0.6) is 0 Å². The van der Waals surface area contributed by atoms with Crippen LogP contribution < -0.4 is 10.0 Å². The van der Waals surface area contributed by atoms with Crippen molar-refractivity contribution in [2.45, 2.75) is 18.7 Å². The summed E-state index contributed by atoms with van der Waals surface area (Å²) in [4.78, 5) is 6.46. The summed E-state index contributed by atoms with van der Waals surface area (Å²) in [6, 6.07) is 4.90. The van der Waals surface area contributed by atoms with E-state index in [2.05, 4.69) is 42.5 Å². The molecular formula is C13H18N6O2S2. The first-order valence-electron chi connectivity index (χ1n) is 7.20. The summed E-state index contributed by atoms with van der Waals surface area (Å²) in [5, 5.41) is 2.99. The van der Waals surface area contributed by atoms with E-state index >= 15 is 0 Å². The molecule has 0 spiro atoms. The zero-order valence-corrected chi connectivity index (χ0v) is 14.5. The molecule has 10 heteroatoms. The first-order chi connectivity index (χ1) is 11.0. The summed E-state index contributed by atoms with van der Waals surface area (Å²) < 4.78 is 35.7. The molecule has 0 aliphatic carbocycles. The molecule has 0 bridgehead atoms. The minimum absolute atomic E-state index is 0.109. The van der Waals surface area contributed by atoms with Crippen LogP contribution in [0.15, 0.2) is 28.1 Å². The van der Waals surface area contributed by atoms with Gasteiger partial charge in [0.2, 0.25) is 5.96 Å². The van der Waals surface area contributed by atoms with Gasteiger partial charge in [0.1, 0.15) is 15.9 Å². The Balaban J connectivity index is 1.77. The third kappa shape index (κ3) is 3.59. The Morgan fingerprint density at radius 2 is 2.22 bits per heavy atom. The van der Waals surface area contributed by atoms with Gasteiger partial charge in [-0.3, -0.25) is 4.90 Å². The quantitative estimate of drug-likeness (QED) is 0.843. The van der Waals surface area contributed by atoms with Crippen LogP contribution in [0.4, 0.5) is 0 Å². The van der Waals surface area contributed by atoms with Crippen molar-refractivity contribution in [2.24, 2.45) is 10.9 Å². The van der Waals surface area contributed by atoms with E-state index in [9.17, 15) is 8.42 Å². The molecule has 8 nitrogen and oxygen atoms in total. The molecule has 2 N–H and O–H groups in total. The predicted molar refractivity (Wildman–Crippen MR) is 89.6 cm³/mol. The molecule has 0 saturated heterocycles. The number of nitrogens with one attached hydrogen (secondary N) is 2. The second-order valence-electron chi connectivity index (χ2n) is 5.72. The Hall–Kier alpha value is -1.78. The van der Waals surface area contributed by atoms with Crippen molar-refractivity contribution in [3.63, 3.8) is 0 Å². The molecule has 0 radical (unpaired) electrons. The number of aromatic nitrogens is 2. The molecule has 2 aromatic rings. The maximum atomic E-state index is 12.6. The lowest BCUT2D eigenvalue weighted by Gasteiger charge is -2.28. The molecule has 0 saturated carbocycles. The number of rotatable bonds is 4. The number of nitrogens with zero attached hydrogens (tertiary/aromatic N) is 4. The number of aliphatic imine (C=N–C) groups is 1. The monoisotopic (exact) mass is 354 g/mol. The van der Waals surface area contributed by atoms with Gasteiger partial charge in [0.25, 0.3) is 10.0 Å². The van der Waals surface area contributed by atoms with Gasteiger partial charge in [-0.05, 0) is 18.1 Å². The molecule has 0 unspecified atom stereocenters. The Labute approximate surface area is 139 Å². The van der Waals surface area contributed by atoms with Gasteiger partial charge < -0.3 is 5.32 Å². The average molecular weight is 354 g/mol. The highest BCUT2D eigenvalue weighted by molar-refractivity contribution is 7.90. The molecule has 1 aromatic heterocycles. The lowest BCUT2D eigenvalue weighted by molar-refractivity contribution is 0.235. The molecule has 1 aliphatic heterocycles. The second-order valence-corrected chi connectivity index (χ2v) is 7.90. The largest absolute Gasteiger partial charge is 0.343 e. The molecule has 1 aromatic carbocycles. The molecule has 2 heterocycles. The molecule has 23 heavy (non-hydrogen) atoms. The van der Waals surface area contributed by atoms with E-state index in [1.807, 2.05) is 0 Å². The fraction of sp³-hybridized carbons (Fsp3) is 0.462. The van der Waals surface area contributed by atoms with Crippen LogP contribution in [0.1, 0.15) is 13.8 Å². The van der Waals surface area contributed by atoms with Crippen molar-refractivity contribution in [3.8, 4) is 0 Å². The Kier molecular flexibility index (Phi) is 4.46. The van der Waals surface area contributed by atoms with Crippen molar-refractivity contribution in [1.82, 2.24) is 23.7 Å². The maximum Gasteiger partial charge on any atom is 0.266 e. The maximum absolute atomic E-state index is 12.6. The van der Waals surface area contributed by atoms with E-state index < -0.39 is 10.0 Å². The minimum atomic E-state index is -3.75. The number of sulfonamides is 1. The minimum Gasteiger partial charge on any atom is -0.343 e. The van der Waals surface area contributed by atoms with Crippen LogP contribution in [-0.4, -0.2) is 47.9 Å². The highest BCUT2D eigenvalue weighted by Crippen LogP contribution is 2.20. The first-order valence-corrected chi connectivity index (χ1v) is 9.42. The van der Waals surface area contributed by atoms with E-state index in [-0.39, 0.29) is 10.9 Å². The molecule has 0 fully saturated rings. The molecular weight excluding hydrogens is 336 g/mol. The van der Waals surface area contributed by atoms with Crippen LogP contribution in [0, 0.1) is 5.92 Å². The topological polar surface area (TPSA) is 99.6 Å². The zero-order valence-electron chi connectivity index (χ0n) is 12.9. The van der Waals surface area contributed by atoms with Crippen molar-refractivity contribution in [2.75, 3.05) is 19.9 Å². The highest BCUT2D eigenvalue weighted by Gasteiger charge is 2.23. The number of hydrogen-bond donors (Lipinski definition) is 2. The van der Waals surface area contributed by atoms with E-state index in [1.165, 1.54) is 6.07 Å². The van der Waals surface area contributed by atoms with Crippen molar-refractivity contribution >= 4 is 38.7 Å². The lowest BCUT2D eigenvalue weighted by atomic mass is 10.2. The zero-order chi connectivity index (χ0) is 16.4. The summed E-state index contributed by atoms with van der Waals surface area (Å²) in [6.45, 7) is 6.18.